The fourth-order valence-corrected chi connectivity index (χ4v) is 3.34. The smallest absolute Gasteiger partial charge is 0.131 e. The number of aryl methyl sites for hydroxylation is 1. The van der Waals surface area contributed by atoms with Gasteiger partial charge in [-0.25, -0.2) is 0 Å². The summed E-state index contributed by atoms with van der Waals surface area (Å²) in [6.45, 7) is 2.48. The molecule has 142 valence electrons. The van der Waals surface area contributed by atoms with E-state index in [1.807, 2.05) is 12.1 Å². The molecule has 0 spiro atoms. The van der Waals surface area contributed by atoms with Gasteiger partial charge in [-0.1, -0.05) is 18.2 Å². The maximum Gasteiger partial charge on any atom is 0.131 e. The number of aliphatic hydroxyl groups is 1. The molecule has 0 aliphatic rings. The minimum atomic E-state index is -1.30. The zero-order chi connectivity index (χ0) is 19.1. The summed E-state index contributed by atoms with van der Waals surface area (Å²) in [6.07, 6.45) is 2.66. The fraction of sp³-hybridized carbons (Fsp3) is 0.400. The van der Waals surface area contributed by atoms with E-state index in [2.05, 4.69) is 24.4 Å². The highest BCUT2D eigenvalue weighted by Gasteiger charge is 2.13. The van der Waals surface area contributed by atoms with Crippen LogP contribution in [0.4, 0.5) is 0 Å². The molecule has 0 heterocycles. The average molecular weight is 378 g/mol. The normalized spacial score (nSPS) is 14.6. The molecule has 0 aromatic heterocycles. The van der Waals surface area contributed by atoms with E-state index in [1.54, 1.807) is 19.2 Å². The summed E-state index contributed by atoms with van der Waals surface area (Å²) in [7, 11) is 0.357. The van der Waals surface area contributed by atoms with E-state index in [4.69, 9.17) is 4.74 Å². The van der Waals surface area contributed by atoms with Crippen LogP contribution in [0.1, 0.15) is 30.6 Å². The SMILES string of the molecule is COc1ccc(CC[C@H](C)NC[C@@H](O)c2ccc(O)c([S@](C)=O)c2)cc1. The number of aromatic hydroxyl groups is 1. The molecule has 0 radical (unpaired) electrons. The Balaban J connectivity index is 1.83. The van der Waals surface area contributed by atoms with Gasteiger partial charge in [0.25, 0.3) is 0 Å². The van der Waals surface area contributed by atoms with Gasteiger partial charge in [-0.05, 0) is 55.2 Å². The first kappa shape index (κ1) is 20.4. The van der Waals surface area contributed by atoms with Crippen LogP contribution in [0, 0.1) is 0 Å². The highest BCUT2D eigenvalue weighted by Crippen LogP contribution is 2.24. The van der Waals surface area contributed by atoms with Gasteiger partial charge in [-0.2, -0.15) is 0 Å². The highest BCUT2D eigenvalue weighted by atomic mass is 32.2. The first-order valence-electron chi connectivity index (χ1n) is 8.61. The minimum Gasteiger partial charge on any atom is -0.507 e. The number of rotatable bonds is 9. The third-order valence-corrected chi connectivity index (χ3v) is 5.31. The summed E-state index contributed by atoms with van der Waals surface area (Å²) in [4.78, 5) is 0.342. The number of hydrogen-bond acceptors (Lipinski definition) is 5. The van der Waals surface area contributed by atoms with Crippen molar-refractivity contribution < 1.29 is 19.2 Å². The lowest BCUT2D eigenvalue weighted by Gasteiger charge is -2.18. The Bertz CT molecular complexity index is 733. The van der Waals surface area contributed by atoms with Gasteiger partial charge in [-0.3, -0.25) is 4.21 Å². The largest absolute Gasteiger partial charge is 0.507 e. The summed E-state index contributed by atoms with van der Waals surface area (Å²) in [5.74, 6) is 0.840. The molecule has 3 N–H and O–H groups in total. The van der Waals surface area contributed by atoms with E-state index in [9.17, 15) is 14.4 Å². The molecule has 2 aromatic rings. The number of aliphatic hydroxyl groups excluding tert-OH is 1. The van der Waals surface area contributed by atoms with E-state index in [1.165, 1.54) is 17.9 Å². The van der Waals surface area contributed by atoms with Crippen molar-refractivity contribution in [1.29, 1.82) is 0 Å². The number of nitrogens with one attached hydrogen (secondary N) is 1. The highest BCUT2D eigenvalue weighted by molar-refractivity contribution is 7.84. The Morgan fingerprint density at radius 2 is 1.88 bits per heavy atom. The second-order valence-corrected chi connectivity index (χ2v) is 7.74. The fourth-order valence-electron chi connectivity index (χ4n) is 2.68. The quantitative estimate of drug-likeness (QED) is 0.626. The van der Waals surface area contributed by atoms with Crippen LogP contribution in [0.3, 0.4) is 0 Å². The predicted octanol–water partition coefficient (Wildman–Crippen LogP) is 2.78. The van der Waals surface area contributed by atoms with Gasteiger partial charge in [0.2, 0.25) is 0 Å². The van der Waals surface area contributed by atoms with Crippen LogP contribution < -0.4 is 10.1 Å². The Labute approximate surface area is 157 Å². The molecule has 0 aliphatic carbocycles. The van der Waals surface area contributed by atoms with Crippen LogP contribution in [0.5, 0.6) is 11.5 Å². The van der Waals surface area contributed by atoms with Crippen LogP contribution in [-0.2, 0) is 17.2 Å². The minimum absolute atomic E-state index is 0.0115. The molecule has 6 heteroatoms. The van der Waals surface area contributed by atoms with Crippen molar-refractivity contribution in [3.05, 3.63) is 53.6 Å². The van der Waals surface area contributed by atoms with Crippen molar-refractivity contribution in [3.63, 3.8) is 0 Å². The monoisotopic (exact) mass is 377 g/mol. The van der Waals surface area contributed by atoms with Crippen molar-refractivity contribution in [2.75, 3.05) is 19.9 Å². The van der Waals surface area contributed by atoms with Crippen LogP contribution in [0.15, 0.2) is 47.4 Å². The molecule has 0 bridgehead atoms. The van der Waals surface area contributed by atoms with Crippen molar-refractivity contribution >= 4 is 10.8 Å². The lowest BCUT2D eigenvalue weighted by atomic mass is 10.1. The number of phenolic OH excluding ortho intramolecular Hbond substituents is 1. The molecule has 2 rings (SSSR count). The zero-order valence-electron chi connectivity index (χ0n) is 15.4. The van der Waals surface area contributed by atoms with Gasteiger partial charge in [0, 0.05) is 18.8 Å². The third kappa shape index (κ3) is 5.83. The van der Waals surface area contributed by atoms with Crippen LogP contribution in [0.25, 0.3) is 0 Å². The van der Waals surface area contributed by atoms with Crippen LogP contribution in [-0.4, -0.2) is 40.4 Å². The van der Waals surface area contributed by atoms with Crippen LogP contribution in [0.2, 0.25) is 0 Å². The Hall–Kier alpha value is -1.89. The average Bonchev–Trinajstić information content (AvgIpc) is 2.64. The number of methoxy groups -OCH3 is 1. The Kier molecular flexibility index (Phi) is 7.63. The van der Waals surface area contributed by atoms with Gasteiger partial charge in [-0.15, -0.1) is 0 Å². The first-order valence-corrected chi connectivity index (χ1v) is 10.2. The van der Waals surface area contributed by atoms with E-state index in [-0.39, 0.29) is 11.8 Å². The van der Waals surface area contributed by atoms with E-state index < -0.39 is 16.9 Å². The number of hydrogen-bond donors (Lipinski definition) is 3. The zero-order valence-corrected chi connectivity index (χ0v) is 16.3. The lowest BCUT2D eigenvalue weighted by Crippen LogP contribution is -2.30. The summed E-state index contributed by atoms with van der Waals surface area (Å²) < 4.78 is 16.8. The molecule has 0 unspecified atom stereocenters. The second-order valence-electron chi connectivity index (χ2n) is 6.39. The third-order valence-electron chi connectivity index (χ3n) is 4.36. The van der Waals surface area contributed by atoms with Crippen LogP contribution >= 0.6 is 0 Å². The van der Waals surface area contributed by atoms with E-state index >= 15 is 0 Å². The topological polar surface area (TPSA) is 78.8 Å². The molecule has 0 saturated heterocycles. The molecule has 3 atom stereocenters. The van der Waals surface area contributed by atoms with Crippen molar-refractivity contribution in [2.45, 2.75) is 36.8 Å². The van der Waals surface area contributed by atoms with E-state index in [0.29, 0.717) is 17.0 Å². The molecule has 0 fully saturated rings. The van der Waals surface area contributed by atoms with Gasteiger partial charge in [0.15, 0.2) is 0 Å². The summed E-state index contributed by atoms with van der Waals surface area (Å²) in [6, 6.07) is 13.0. The maximum atomic E-state index is 11.6. The molecule has 0 amide bonds. The molecular weight excluding hydrogens is 350 g/mol. The Morgan fingerprint density at radius 1 is 1.19 bits per heavy atom. The molecule has 2 aromatic carbocycles. The number of benzene rings is 2. The first-order chi connectivity index (χ1) is 12.4. The van der Waals surface area contributed by atoms with Gasteiger partial charge in [0.05, 0.1) is 28.9 Å². The van der Waals surface area contributed by atoms with Crippen molar-refractivity contribution in [2.24, 2.45) is 0 Å². The maximum absolute atomic E-state index is 11.6. The molecular formula is C20H27NO4S. The molecule has 0 saturated carbocycles. The van der Waals surface area contributed by atoms with Gasteiger partial charge >= 0.3 is 0 Å². The number of phenols is 1. The molecule has 5 nitrogen and oxygen atoms in total. The number of ether oxygens (including phenoxy) is 1. The van der Waals surface area contributed by atoms with E-state index in [0.717, 1.165) is 18.6 Å². The Morgan fingerprint density at radius 3 is 2.50 bits per heavy atom. The molecule has 26 heavy (non-hydrogen) atoms. The standard InChI is InChI=1S/C20H27NO4S/c1-14(4-5-15-6-9-17(25-2)10-7-15)21-13-19(23)16-8-11-18(22)20(12-16)26(3)24/h6-12,14,19,21-23H,4-5,13H2,1-3H3/t14-,19+,26-/m0/s1. The summed E-state index contributed by atoms with van der Waals surface area (Å²) >= 11 is 0. The van der Waals surface area contributed by atoms with Crippen molar-refractivity contribution in [1.82, 2.24) is 5.32 Å². The van der Waals surface area contributed by atoms with Gasteiger partial charge in [0.1, 0.15) is 11.5 Å². The van der Waals surface area contributed by atoms with Gasteiger partial charge < -0.3 is 20.3 Å². The lowest BCUT2D eigenvalue weighted by molar-refractivity contribution is 0.169. The molecule has 0 aliphatic heterocycles. The summed E-state index contributed by atoms with van der Waals surface area (Å²) in [5, 5.41) is 23.4. The second kappa shape index (κ2) is 9.71. The van der Waals surface area contributed by atoms with Crippen molar-refractivity contribution in [3.8, 4) is 11.5 Å². The predicted molar refractivity (Wildman–Crippen MR) is 104 cm³/mol. The summed E-state index contributed by atoms with van der Waals surface area (Å²) in [5.41, 5.74) is 1.89.